The van der Waals surface area contributed by atoms with E-state index in [4.69, 9.17) is 0 Å². The predicted molar refractivity (Wildman–Crippen MR) is 90.3 cm³/mol. The molecule has 0 saturated carbocycles. The Balaban J connectivity index is 3.44. The maximum atomic E-state index is 11.8. The van der Waals surface area contributed by atoms with Crippen LogP contribution in [0.5, 0.6) is 0 Å². The minimum absolute atomic E-state index is 0.0433. The fourth-order valence-corrected chi connectivity index (χ4v) is 2.64. The second-order valence-corrected chi connectivity index (χ2v) is 6.65. The van der Waals surface area contributed by atoms with E-state index in [1.807, 2.05) is 0 Å². The average Bonchev–Trinajstić information content (AvgIpc) is 2.44. The number of aliphatic hydroxyl groups is 1. The van der Waals surface area contributed by atoms with Crippen LogP contribution in [0.2, 0.25) is 0 Å². The largest absolute Gasteiger partial charge is 0.394 e. The number of rotatable bonds is 14. The Morgan fingerprint density at radius 1 is 0.952 bits per heavy atom. The van der Waals surface area contributed by atoms with Crippen molar-refractivity contribution in [2.45, 2.75) is 97.4 Å². The summed E-state index contributed by atoms with van der Waals surface area (Å²) in [6.45, 7) is 6.50. The molecule has 2 N–H and O–H groups in total. The lowest BCUT2D eigenvalue weighted by Gasteiger charge is -2.18. The summed E-state index contributed by atoms with van der Waals surface area (Å²) in [6, 6.07) is -0.0731. The molecular weight excluding hydrogens is 262 g/mol. The third kappa shape index (κ3) is 14.1. The van der Waals surface area contributed by atoms with Gasteiger partial charge in [-0.25, -0.2) is 0 Å². The van der Waals surface area contributed by atoms with Crippen LogP contribution in [-0.4, -0.2) is 23.7 Å². The first-order valence-electron chi connectivity index (χ1n) is 9.00. The molecule has 3 heteroatoms. The van der Waals surface area contributed by atoms with Crippen LogP contribution in [0.4, 0.5) is 0 Å². The summed E-state index contributed by atoms with van der Waals surface area (Å²) < 4.78 is 0. The average molecular weight is 299 g/mol. The van der Waals surface area contributed by atoms with Gasteiger partial charge in [0.15, 0.2) is 0 Å². The van der Waals surface area contributed by atoms with E-state index in [1.54, 1.807) is 0 Å². The minimum Gasteiger partial charge on any atom is -0.394 e. The lowest BCUT2D eigenvalue weighted by Crippen LogP contribution is -2.38. The van der Waals surface area contributed by atoms with Crippen molar-refractivity contribution in [3.63, 3.8) is 0 Å². The van der Waals surface area contributed by atoms with Gasteiger partial charge in [0.1, 0.15) is 0 Å². The first kappa shape index (κ1) is 20.4. The van der Waals surface area contributed by atoms with Gasteiger partial charge in [-0.2, -0.15) is 0 Å². The Morgan fingerprint density at radius 3 is 1.95 bits per heavy atom. The number of carbonyl (C=O) groups is 1. The van der Waals surface area contributed by atoms with E-state index in [0.717, 1.165) is 19.3 Å². The van der Waals surface area contributed by atoms with E-state index in [0.29, 0.717) is 12.3 Å². The van der Waals surface area contributed by atoms with Gasteiger partial charge in [0.05, 0.1) is 12.6 Å². The van der Waals surface area contributed by atoms with E-state index in [2.05, 4.69) is 26.1 Å². The molecule has 0 fully saturated rings. The third-order valence-corrected chi connectivity index (χ3v) is 3.85. The van der Waals surface area contributed by atoms with Gasteiger partial charge in [-0.3, -0.25) is 4.79 Å². The quantitative estimate of drug-likeness (QED) is 0.466. The Hall–Kier alpha value is -0.570. The van der Waals surface area contributed by atoms with E-state index in [9.17, 15) is 9.90 Å². The van der Waals surface area contributed by atoms with Gasteiger partial charge in [-0.1, -0.05) is 72.1 Å². The Kier molecular flexibility index (Phi) is 14.0. The standard InChI is InChI=1S/C18H37NO2/c1-4-5-6-7-8-9-10-11-12-13-18(21)19-17(15-20)14-16(2)3/h16-17,20H,4-15H2,1-3H3,(H,19,21)/t17-/m1/s1. The summed E-state index contributed by atoms with van der Waals surface area (Å²) in [7, 11) is 0. The number of unbranched alkanes of at least 4 members (excludes halogenated alkanes) is 8. The van der Waals surface area contributed by atoms with E-state index in [1.165, 1.54) is 44.9 Å². The van der Waals surface area contributed by atoms with Gasteiger partial charge >= 0.3 is 0 Å². The molecule has 0 aliphatic carbocycles. The lowest BCUT2D eigenvalue weighted by atomic mass is 10.0. The topological polar surface area (TPSA) is 49.3 Å². The maximum absolute atomic E-state index is 11.8. The van der Waals surface area contributed by atoms with Crippen molar-refractivity contribution in [2.75, 3.05) is 6.61 Å². The summed E-state index contributed by atoms with van der Waals surface area (Å²) in [5.41, 5.74) is 0. The van der Waals surface area contributed by atoms with Crippen molar-refractivity contribution in [1.29, 1.82) is 0 Å². The van der Waals surface area contributed by atoms with Gasteiger partial charge in [-0.05, 0) is 18.8 Å². The zero-order chi connectivity index (χ0) is 15.9. The molecule has 0 aliphatic rings. The Morgan fingerprint density at radius 2 is 1.48 bits per heavy atom. The first-order valence-corrected chi connectivity index (χ1v) is 9.00. The summed E-state index contributed by atoms with van der Waals surface area (Å²) in [5, 5.41) is 12.2. The SMILES string of the molecule is CCCCCCCCCCCC(=O)N[C@@H](CO)CC(C)C. The molecule has 3 nitrogen and oxygen atoms in total. The highest BCUT2D eigenvalue weighted by atomic mass is 16.3. The summed E-state index contributed by atoms with van der Waals surface area (Å²) in [5.74, 6) is 0.591. The highest BCUT2D eigenvalue weighted by Gasteiger charge is 2.12. The van der Waals surface area contributed by atoms with Crippen molar-refractivity contribution < 1.29 is 9.90 Å². The number of hydrogen-bond acceptors (Lipinski definition) is 2. The second kappa shape index (κ2) is 14.4. The predicted octanol–water partition coefficient (Wildman–Crippen LogP) is 4.43. The number of carbonyl (C=O) groups excluding carboxylic acids is 1. The van der Waals surface area contributed by atoms with Crippen LogP contribution in [-0.2, 0) is 4.79 Å². The molecule has 1 atom stereocenters. The zero-order valence-electron chi connectivity index (χ0n) is 14.5. The highest BCUT2D eigenvalue weighted by molar-refractivity contribution is 5.76. The minimum atomic E-state index is -0.0731. The molecule has 0 aliphatic heterocycles. The van der Waals surface area contributed by atoms with Gasteiger partial charge < -0.3 is 10.4 Å². The summed E-state index contributed by atoms with van der Waals surface area (Å²) in [4.78, 5) is 11.8. The van der Waals surface area contributed by atoms with Crippen LogP contribution in [0.1, 0.15) is 91.4 Å². The molecule has 0 rings (SSSR count). The molecule has 126 valence electrons. The summed E-state index contributed by atoms with van der Waals surface area (Å²) in [6.07, 6.45) is 12.9. The van der Waals surface area contributed by atoms with Gasteiger partial charge in [0, 0.05) is 6.42 Å². The summed E-state index contributed by atoms with van der Waals surface area (Å²) >= 11 is 0. The zero-order valence-corrected chi connectivity index (χ0v) is 14.5. The van der Waals surface area contributed by atoms with E-state index >= 15 is 0 Å². The van der Waals surface area contributed by atoms with Crippen LogP contribution in [0.15, 0.2) is 0 Å². The van der Waals surface area contributed by atoms with Crippen LogP contribution in [0, 0.1) is 5.92 Å². The number of nitrogens with one attached hydrogen (secondary N) is 1. The second-order valence-electron chi connectivity index (χ2n) is 6.65. The molecule has 0 radical (unpaired) electrons. The number of hydrogen-bond donors (Lipinski definition) is 2. The van der Waals surface area contributed by atoms with Crippen LogP contribution >= 0.6 is 0 Å². The normalized spacial score (nSPS) is 12.6. The number of aliphatic hydroxyl groups excluding tert-OH is 1. The third-order valence-electron chi connectivity index (χ3n) is 3.85. The molecule has 0 bridgehead atoms. The molecule has 21 heavy (non-hydrogen) atoms. The Labute approximate surface area is 131 Å². The monoisotopic (exact) mass is 299 g/mol. The highest BCUT2D eigenvalue weighted by Crippen LogP contribution is 2.11. The lowest BCUT2D eigenvalue weighted by molar-refractivity contribution is -0.122. The van der Waals surface area contributed by atoms with Crippen molar-refractivity contribution >= 4 is 5.91 Å². The van der Waals surface area contributed by atoms with Crippen LogP contribution < -0.4 is 5.32 Å². The molecule has 1 amide bonds. The molecule has 0 aromatic heterocycles. The van der Waals surface area contributed by atoms with Gasteiger partial charge in [0.2, 0.25) is 5.91 Å². The molecule has 0 aromatic rings. The maximum Gasteiger partial charge on any atom is 0.220 e. The smallest absolute Gasteiger partial charge is 0.220 e. The molecule has 0 heterocycles. The van der Waals surface area contributed by atoms with Crippen molar-refractivity contribution in [1.82, 2.24) is 5.32 Å². The van der Waals surface area contributed by atoms with Gasteiger partial charge in [0.25, 0.3) is 0 Å². The molecule has 0 aromatic carbocycles. The first-order chi connectivity index (χ1) is 10.1. The van der Waals surface area contributed by atoms with Crippen molar-refractivity contribution in [2.24, 2.45) is 5.92 Å². The fourth-order valence-electron chi connectivity index (χ4n) is 2.64. The Bertz CT molecular complexity index is 241. The molecule has 0 saturated heterocycles. The fraction of sp³-hybridized carbons (Fsp3) is 0.944. The van der Waals surface area contributed by atoms with Crippen molar-refractivity contribution in [3.8, 4) is 0 Å². The van der Waals surface area contributed by atoms with Gasteiger partial charge in [-0.15, -0.1) is 0 Å². The number of amides is 1. The van der Waals surface area contributed by atoms with Crippen LogP contribution in [0.25, 0.3) is 0 Å². The molecule has 0 spiro atoms. The van der Waals surface area contributed by atoms with E-state index in [-0.39, 0.29) is 18.6 Å². The molecular formula is C18H37NO2. The van der Waals surface area contributed by atoms with Crippen LogP contribution in [0.3, 0.4) is 0 Å². The van der Waals surface area contributed by atoms with Crippen molar-refractivity contribution in [3.05, 3.63) is 0 Å². The molecule has 0 unspecified atom stereocenters. The van der Waals surface area contributed by atoms with E-state index < -0.39 is 0 Å².